The van der Waals surface area contributed by atoms with Gasteiger partial charge >= 0.3 is 0 Å². The first-order valence-electron chi connectivity index (χ1n) is 3.90. The molecule has 15 heavy (non-hydrogen) atoms. The zero-order chi connectivity index (χ0) is 11.0. The summed E-state index contributed by atoms with van der Waals surface area (Å²) in [5.74, 6) is -3.65. The molecular weight excluding hydrogens is 209 g/mol. The molecule has 1 heterocycles. The molecule has 0 saturated heterocycles. The maximum absolute atomic E-state index is 13.2. The van der Waals surface area contributed by atoms with Crippen LogP contribution in [0.15, 0.2) is 12.1 Å². The molecule has 4 nitrogen and oxygen atoms in total. The van der Waals surface area contributed by atoms with Crippen molar-refractivity contribution < 1.29 is 13.2 Å². The smallest absolute Gasteiger partial charge is 0.239 e. The van der Waals surface area contributed by atoms with Gasteiger partial charge < -0.3 is 5.73 Å². The Bertz CT molecular complexity index is 509. The van der Waals surface area contributed by atoms with Crippen molar-refractivity contribution in [1.29, 1.82) is 0 Å². The van der Waals surface area contributed by atoms with E-state index in [-0.39, 0.29) is 17.3 Å². The van der Waals surface area contributed by atoms with E-state index in [4.69, 9.17) is 5.73 Å². The summed E-state index contributed by atoms with van der Waals surface area (Å²) in [5.41, 5.74) is 4.83. The Morgan fingerprint density at radius 3 is 2.53 bits per heavy atom. The lowest BCUT2D eigenvalue weighted by Gasteiger charge is -2.00. The van der Waals surface area contributed by atoms with Gasteiger partial charge in [0.15, 0.2) is 17.5 Å². The van der Waals surface area contributed by atoms with Crippen LogP contribution in [-0.4, -0.2) is 15.2 Å². The fourth-order valence-electron chi connectivity index (χ4n) is 1.12. The molecular formula is C8H5F3N4. The molecule has 0 aliphatic heterocycles. The van der Waals surface area contributed by atoms with E-state index < -0.39 is 17.5 Å². The zero-order valence-electron chi connectivity index (χ0n) is 7.26. The van der Waals surface area contributed by atoms with Gasteiger partial charge in [0.1, 0.15) is 5.82 Å². The number of halogens is 3. The topological polar surface area (TPSA) is 67.6 Å². The van der Waals surface area contributed by atoms with Gasteiger partial charge in [-0.15, -0.1) is 5.10 Å². The first-order chi connectivity index (χ1) is 7.08. The second kappa shape index (κ2) is 3.26. The van der Waals surface area contributed by atoms with Gasteiger partial charge in [-0.3, -0.25) is 5.10 Å². The van der Waals surface area contributed by atoms with Crippen molar-refractivity contribution in [2.24, 2.45) is 0 Å². The molecule has 0 aliphatic rings. The number of nitrogens with two attached hydrogens (primary N) is 1. The maximum Gasteiger partial charge on any atom is 0.239 e. The van der Waals surface area contributed by atoms with Crippen molar-refractivity contribution in [3.8, 4) is 11.4 Å². The number of benzene rings is 1. The van der Waals surface area contributed by atoms with Crippen molar-refractivity contribution >= 4 is 5.95 Å². The van der Waals surface area contributed by atoms with Gasteiger partial charge in [0.2, 0.25) is 5.95 Å². The number of H-pyrrole nitrogens is 1. The lowest BCUT2D eigenvalue weighted by atomic mass is 10.2. The predicted octanol–water partition coefficient (Wildman–Crippen LogP) is 1.47. The third kappa shape index (κ3) is 1.63. The van der Waals surface area contributed by atoms with Crippen LogP contribution < -0.4 is 5.73 Å². The van der Waals surface area contributed by atoms with Crippen LogP contribution in [0.1, 0.15) is 0 Å². The number of aromatic nitrogens is 3. The van der Waals surface area contributed by atoms with E-state index in [1.165, 1.54) is 0 Å². The fraction of sp³-hybridized carbons (Fsp3) is 0. The number of nitrogen functional groups attached to an aromatic ring is 1. The lowest BCUT2D eigenvalue weighted by molar-refractivity contribution is 0.497. The molecule has 1 aromatic heterocycles. The molecule has 2 rings (SSSR count). The average Bonchev–Trinajstić information content (AvgIpc) is 2.58. The van der Waals surface area contributed by atoms with Crippen molar-refractivity contribution in [3.63, 3.8) is 0 Å². The molecule has 2 aromatic rings. The number of anilines is 1. The van der Waals surface area contributed by atoms with E-state index in [1.54, 1.807) is 0 Å². The van der Waals surface area contributed by atoms with Crippen LogP contribution in [0.4, 0.5) is 19.1 Å². The summed E-state index contributed by atoms with van der Waals surface area (Å²) >= 11 is 0. The summed E-state index contributed by atoms with van der Waals surface area (Å²) in [6.07, 6.45) is 0. The Hall–Kier alpha value is -2.05. The molecule has 7 heteroatoms. The quantitative estimate of drug-likeness (QED) is 0.706. The Kier molecular flexibility index (Phi) is 2.07. The van der Waals surface area contributed by atoms with Crippen molar-refractivity contribution in [2.45, 2.75) is 0 Å². The number of hydrogen-bond acceptors (Lipinski definition) is 3. The number of nitrogens with one attached hydrogen (secondary N) is 1. The van der Waals surface area contributed by atoms with Gasteiger partial charge in [-0.2, -0.15) is 4.98 Å². The van der Waals surface area contributed by atoms with E-state index >= 15 is 0 Å². The largest absolute Gasteiger partial charge is 0.366 e. The van der Waals surface area contributed by atoms with Crippen molar-refractivity contribution in [1.82, 2.24) is 15.2 Å². The molecule has 0 unspecified atom stereocenters. The number of rotatable bonds is 1. The summed E-state index contributed by atoms with van der Waals surface area (Å²) in [6.45, 7) is 0. The molecule has 78 valence electrons. The molecule has 0 spiro atoms. The molecule has 0 bridgehead atoms. The Morgan fingerprint density at radius 2 is 1.93 bits per heavy atom. The van der Waals surface area contributed by atoms with Crippen LogP contribution >= 0.6 is 0 Å². The van der Waals surface area contributed by atoms with Crippen LogP contribution in [0.2, 0.25) is 0 Å². The average molecular weight is 214 g/mol. The van der Waals surface area contributed by atoms with Crippen LogP contribution in [-0.2, 0) is 0 Å². The highest BCUT2D eigenvalue weighted by Gasteiger charge is 2.15. The van der Waals surface area contributed by atoms with Crippen molar-refractivity contribution in [3.05, 3.63) is 29.6 Å². The highest BCUT2D eigenvalue weighted by atomic mass is 19.2. The van der Waals surface area contributed by atoms with Gasteiger partial charge in [-0.1, -0.05) is 0 Å². The van der Waals surface area contributed by atoms with Crippen LogP contribution in [0.25, 0.3) is 11.4 Å². The molecule has 0 fully saturated rings. The molecule has 0 radical (unpaired) electrons. The first kappa shape index (κ1) is 9.50. The summed E-state index contributed by atoms with van der Waals surface area (Å²) in [6, 6.07) is 1.25. The zero-order valence-corrected chi connectivity index (χ0v) is 7.26. The Morgan fingerprint density at radius 1 is 1.20 bits per heavy atom. The molecule has 0 amide bonds. The monoisotopic (exact) mass is 214 g/mol. The van der Waals surface area contributed by atoms with E-state index in [2.05, 4.69) is 15.2 Å². The van der Waals surface area contributed by atoms with Gasteiger partial charge in [0.25, 0.3) is 0 Å². The maximum atomic E-state index is 13.2. The molecule has 3 N–H and O–H groups in total. The minimum Gasteiger partial charge on any atom is -0.366 e. The highest BCUT2D eigenvalue weighted by molar-refractivity contribution is 5.56. The van der Waals surface area contributed by atoms with E-state index in [1.807, 2.05) is 0 Å². The predicted molar refractivity (Wildman–Crippen MR) is 46.1 cm³/mol. The Balaban J connectivity index is 2.62. The summed E-state index contributed by atoms with van der Waals surface area (Å²) < 4.78 is 38.8. The molecule has 0 atom stereocenters. The fourth-order valence-corrected chi connectivity index (χ4v) is 1.12. The van der Waals surface area contributed by atoms with Crippen LogP contribution in [0.3, 0.4) is 0 Å². The van der Waals surface area contributed by atoms with E-state index in [0.29, 0.717) is 6.07 Å². The minimum atomic E-state index is -1.29. The molecule has 0 saturated carbocycles. The van der Waals surface area contributed by atoms with E-state index in [0.717, 1.165) is 6.07 Å². The van der Waals surface area contributed by atoms with Gasteiger partial charge in [0.05, 0.1) is 5.56 Å². The number of hydrogen-bond donors (Lipinski definition) is 2. The summed E-state index contributed by atoms with van der Waals surface area (Å²) in [7, 11) is 0. The summed E-state index contributed by atoms with van der Waals surface area (Å²) in [4.78, 5) is 3.56. The Labute approximate surface area is 81.9 Å². The standard InChI is InChI=1S/C8H5F3N4/c9-3-1-4(6(11)5(10)2-3)7-13-8(12)15-14-7/h1-2H,(H3,12,13,14,15). The second-order valence-electron chi connectivity index (χ2n) is 2.79. The molecule has 1 aromatic carbocycles. The van der Waals surface area contributed by atoms with Gasteiger partial charge in [-0.25, -0.2) is 13.2 Å². The third-order valence-electron chi connectivity index (χ3n) is 1.75. The first-order valence-corrected chi connectivity index (χ1v) is 3.90. The van der Waals surface area contributed by atoms with Crippen molar-refractivity contribution in [2.75, 3.05) is 5.73 Å². The lowest BCUT2D eigenvalue weighted by Crippen LogP contribution is -1.93. The second-order valence-corrected chi connectivity index (χ2v) is 2.79. The van der Waals surface area contributed by atoms with Gasteiger partial charge in [-0.05, 0) is 6.07 Å². The highest BCUT2D eigenvalue weighted by Crippen LogP contribution is 2.22. The molecule has 0 aliphatic carbocycles. The SMILES string of the molecule is Nc1n[nH]c(-c2cc(F)cc(F)c2F)n1. The minimum absolute atomic E-state index is 0.122. The van der Waals surface area contributed by atoms with Crippen LogP contribution in [0, 0.1) is 17.5 Å². The number of nitrogens with zero attached hydrogens (tertiary/aromatic N) is 2. The number of aromatic amines is 1. The van der Waals surface area contributed by atoms with Gasteiger partial charge in [0, 0.05) is 6.07 Å². The summed E-state index contributed by atoms with van der Waals surface area (Å²) in [5, 5.41) is 5.68. The normalized spacial score (nSPS) is 10.6. The van der Waals surface area contributed by atoms with E-state index in [9.17, 15) is 13.2 Å². The van der Waals surface area contributed by atoms with Crippen LogP contribution in [0.5, 0.6) is 0 Å². The third-order valence-corrected chi connectivity index (χ3v) is 1.75.